The summed E-state index contributed by atoms with van der Waals surface area (Å²) in [6.07, 6.45) is 2.11. The van der Waals surface area contributed by atoms with Crippen molar-refractivity contribution in [2.45, 2.75) is 32.9 Å². The minimum Gasteiger partial charge on any atom is -0.377 e. The number of rotatable bonds is 6. The van der Waals surface area contributed by atoms with Crippen molar-refractivity contribution in [3.63, 3.8) is 0 Å². The Morgan fingerprint density at radius 2 is 2.06 bits per heavy atom. The van der Waals surface area contributed by atoms with Crippen LogP contribution < -0.4 is 10.6 Å². The summed E-state index contributed by atoms with van der Waals surface area (Å²) in [7, 11) is 2.01. The van der Waals surface area contributed by atoms with Crippen molar-refractivity contribution in [2.24, 2.45) is 5.73 Å². The van der Waals surface area contributed by atoms with Gasteiger partial charge >= 0.3 is 0 Å². The monoisotopic (exact) mass is 237 g/mol. The second-order valence-electron chi connectivity index (χ2n) is 4.58. The number of hydrogen-bond acceptors (Lipinski definition) is 4. The first-order valence-electron chi connectivity index (χ1n) is 6.05. The highest BCUT2D eigenvalue weighted by atomic mass is 16.5. The summed E-state index contributed by atoms with van der Waals surface area (Å²) in [6, 6.07) is 4.05. The molecule has 0 aliphatic rings. The van der Waals surface area contributed by atoms with Crippen LogP contribution >= 0.6 is 0 Å². The van der Waals surface area contributed by atoms with Crippen molar-refractivity contribution >= 4 is 5.82 Å². The topological polar surface area (TPSA) is 51.4 Å². The van der Waals surface area contributed by atoms with Gasteiger partial charge in [-0.15, -0.1) is 0 Å². The number of nitrogens with two attached hydrogens (primary N) is 1. The highest BCUT2D eigenvalue weighted by Gasteiger charge is 2.04. The normalized spacial score (nSPS) is 12.8. The lowest BCUT2D eigenvalue weighted by Gasteiger charge is -2.19. The number of aromatic nitrogens is 1. The van der Waals surface area contributed by atoms with Crippen molar-refractivity contribution < 1.29 is 4.74 Å². The zero-order valence-electron chi connectivity index (χ0n) is 11.2. The number of ether oxygens (including phenoxy) is 1. The lowest BCUT2D eigenvalue weighted by molar-refractivity contribution is 0.0845. The van der Waals surface area contributed by atoms with E-state index in [1.165, 1.54) is 0 Å². The third kappa shape index (κ3) is 4.71. The van der Waals surface area contributed by atoms with Crippen molar-refractivity contribution in [1.29, 1.82) is 0 Å². The minimum atomic E-state index is 0.0335. The van der Waals surface area contributed by atoms with Crippen LogP contribution in [-0.2, 0) is 4.74 Å². The minimum absolute atomic E-state index is 0.0335. The van der Waals surface area contributed by atoms with E-state index in [9.17, 15) is 0 Å². The Kier molecular flexibility index (Phi) is 5.38. The van der Waals surface area contributed by atoms with E-state index in [0.29, 0.717) is 6.61 Å². The lowest BCUT2D eigenvalue weighted by atomic mass is 10.1. The maximum absolute atomic E-state index is 5.78. The smallest absolute Gasteiger partial charge is 0.128 e. The molecule has 0 aliphatic heterocycles. The lowest BCUT2D eigenvalue weighted by Crippen LogP contribution is -2.24. The third-order valence-corrected chi connectivity index (χ3v) is 2.57. The van der Waals surface area contributed by atoms with E-state index in [-0.39, 0.29) is 12.1 Å². The molecule has 0 radical (unpaired) electrons. The number of nitrogens with zero attached hydrogens (tertiary/aromatic N) is 2. The van der Waals surface area contributed by atoms with Crippen molar-refractivity contribution in [2.75, 3.05) is 25.1 Å². The zero-order chi connectivity index (χ0) is 12.8. The second kappa shape index (κ2) is 6.57. The molecule has 2 N–H and O–H groups in total. The molecule has 96 valence electrons. The van der Waals surface area contributed by atoms with Gasteiger partial charge in [0.15, 0.2) is 0 Å². The van der Waals surface area contributed by atoms with Crippen LogP contribution in [0.15, 0.2) is 18.3 Å². The molecule has 0 saturated heterocycles. The van der Waals surface area contributed by atoms with Crippen molar-refractivity contribution in [3.05, 3.63) is 23.9 Å². The predicted molar refractivity (Wildman–Crippen MR) is 71.2 cm³/mol. The van der Waals surface area contributed by atoms with Gasteiger partial charge in [-0.05, 0) is 32.4 Å². The van der Waals surface area contributed by atoms with Gasteiger partial charge in [0, 0.05) is 25.8 Å². The molecule has 0 spiro atoms. The molecule has 0 unspecified atom stereocenters. The molecule has 1 aromatic rings. The van der Waals surface area contributed by atoms with Crippen molar-refractivity contribution in [1.82, 2.24) is 4.98 Å². The summed E-state index contributed by atoms with van der Waals surface area (Å²) in [5.41, 5.74) is 6.84. The molecule has 0 aromatic carbocycles. The summed E-state index contributed by atoms with van der Waals surface area (Å²) in [6.45, 7) is 7.58. The van der Waals surface area contributed by atoms with Gasteiger partial charge in [-0.2, -0.15) is 0 Å². The number of likely N-dealkylation sites (N-methyl/N-ethyl adjacent to an activating group) is 1. The largest absolute Gasteiger partial charge is 0.377 e. The first-order chi connectivity index (χ1) is 8.00. The molecule has 17 heavy (non-hydrogen) atoms. The van der Waals surface area contributed by atoms with Crippen LogP contribution in [0.4, 0.5) is 5.82 Å². The Bertz CT molecular complexity index is 322. The van der Waals surface area contributed by atoms with Crippen LogP contribution in [0.3, 0.4) is 0 Å². The maximum Gasteiger partial charge on any atom is 0.128 e. The van der Waals surface area contributed by atoms with Crippen molar-refractivity contribution in [3.8, 4) is 0 Å². The van der Waals surface area contributed by atoms with Crippen LogP contribution in [0.25, 0.3) is 0 Å². The van der Waals surface area contributed by atoms with Gasteiger partial charge in [0.2, 0.25) is 0 Å². The van der Waals surface area contributed by atoms with Gasteiger partial charge in [-0.3, -0.25) is 0 Å². The van der Waals surface area contributed by atoms with E-state index in [1.54, 1.807) is 0 Å². The molecule has 0 fully saturated rings. The molecule has 0 aliphatic carbocycles. The highest BCUT2D eigenvalue weighted by molar-refractivity contribution is 5.38. The summed E-state index contributed by atoms with van der Waals surface area (Å²) in [5, 5.41) is 0. The molecule has 1 aromatic heterocycles. The highest BCUT2D eigenvalue weighted by Crippen LogP contribution is 2.13. The molecule has 0 amide bonds. The predicted octanol–water partition coefficient (Wildman–Crippen LogP) is 1.96. The number of anilines is 1. The molecule has 1 atom stereocenters. The molecule has 1 heterocycles. The van der Waals surface area contributed by atoms with Gasteiger partial charge < -0.3 is 15.4 Å². The fourth-order valence-corrected chi connectivity index (χ4v) is 1.43. The Labute approximate surface area is 104 Å². The number of pyridine rings is 1. The van der Waals surface area contributed by atoms with Crippen LogP contribution in [0.2, 0.25) is 0 Å². The van der Waals surface area contributed by atoms with E-state index in [1.807, 2.05) is 46.1 Å². The Morgan fingerprint density at radius 1 is 1.35 bits per heavy atom. The first kappa shape index (κ1) is 13.9. The molecule has 4 nitrogen and oxygen atoms in total. The van der Waals surface area contributed by atoms with Gasteiger partial charge in [0.25, 0.3) is 0 Å². The van der Waals surface area contributed by atoms with Gasteiger partial charge in [0.1, 0.15) is 5.82 Å². The number of hydrogen-bond donors (Lipinski definition) is 1. The average Bonchev–Trinajstić information content (AvgIpc) is 2.28. The first-order valence-corrected chi connectivity index (χ1v) is 6.05. The van der Waals surface area contributed by atoms with Crippen LogP contribution in [0.5, 0.6) is 0 Å². The molecule has 4 heteroatoms. The average molecular weight is 237 g/mol. The summed E-state index contributed by atoms with van der Waals surface area (Å²) in [5.74, 6) is 0.946. The van der Waals surface area contributed by atoms with E-state index >= 15 is 0 Å². The fraction of sp³-hybridized carbons (Fsp3) is 0.615. The zero-order valence-corrected chi connectivity index (χ0v) is 11.2. The summed E-state index contributed by atoms with van der Waals surface area (Å²) < 4.78 is 5.51. The van der Waals surface area contributed by atoms with Crippen LogP contribution in [0.1, 0.15) is 32.4 Å². The summed E-state index contributed by atoms with van der Waals surface area (Å²) >= 11 is 0. The molecular formula is C13H23N3O. The van der Waals surface area contributed by atoms with Crippen LogP contribution in [-0.4, -0.2) is 31.3 Å². The van der Waals surface area contributed by atoms with Gasteiger partial charge in [-0.1, -0.05) is 6.07 Å². The van der Waals surface area contributed by atoms with E-state index in [4.69, 9.17) is 10.5 Å². The Balaban J connectivity index is 2.48. The standard InChI is InChI=1S/C13H23N3O/c1-10(2)17-8-7-16(4)13-6-5-12(9-15-13)11(3)14/h5-6,9-11H,7-8,14H2,1-4H3/t11-/m0/s1. The molecule has 0 saturated carbocycles. The SMILES string of the molecule is CC(C)OCCN(C)c1ccc([C@H](C)N)cn1. The van der Waals surface area contributed by atoms with Gasteiger partial charge in [-0.25, -0.2) is 4.98 Å². The maximum atomic E-state index is 5.78. The van der Waals surface area contributed by atoms with E-state index in [2.05, 4.69) is 9.88 Å². The molecule has 1 rings (SSSR count). The third-order valence-electron chi connectivity index (χ3n) is 2.57. The fourth-order valence-electron chi connectivity index (χ4n) is 1.43. The molecular weight excluding hydrogens is 214 g/mol. The van der Waals surface area contributed by atoms with Gasteiger partial charge in [0.05, 0.1) is 12.7 Å². The quantitative estimate of drug-likeness (QED) is 0.821. The van der Waals surface area contributed by atoms with Crippen LogP contribution in [0, 0.1) is 0 Å². The van der Waals surface area contributed by atoms with E-state index in [0.717, 1.165) is 17.9 Å². The summed E-state index contributed by atoms with van der Waals surface area (Å²) in [4.78, 5) is 6.46. The molecule has 0 bridgehead atoms. The second-order valence-corrected chi connectivity index (χ2v) is 4.58. The van der Waals surface area contributed by atoms with E-state index < -0.39 is 0 Å². The Hall–Kier alpha value is -1.13. The Morgan fingerprint density at radius 3 is 2.53 bits per heavy atom.